The van der Waals surface area contributed by atoms with Gasteiger partial charge in [0.1, 0.15) is 5.75 Å². The summed E-state index contributed by atoms with van der Waals surface area (Å²) in [5.41, 5.74) is 1.50. The van der Waals surface area contributed by atoms with E-state index in [0.29, 0.717) is 22.6 Å². The van der Waals surface area contributed by atoms with E-state index < -0.39 is 6.36 Å². The summed E-state index contributed by atoms with van der Waals surface area (Å²) in [6.45, 7) is 0. The molecule has 0 spiro atoms. The Morgan fingerprint density at radius 1 is 1.14 bits per heavy atom. The molecule has 0 atom stereocenters. The predicted octanol–water partition coefficient (Wildman–Crippen LogP) is 1.91. The molecule has 1 heterocycles. The van der Waals surface area contributed by atoms with E-state index in [1.54, 1.807) is 12.2 Å². The Labute approximate surface area is 121 Å². The first-order valence-electron chi connectivity index (χ1n) is 6.38. The first-order chi connectivity index (χ1) is 10.4. The van der Waals surface area contributed by atoms with Gasteiger partial charge in [0.25, 0.3) is 5.56 Å². The third-order valence-electron chi connectivity index (χ3n) is 3.13. The molecule has 3 rings (SSSR count). The molecule has 114 valence electrons. The number of ether oxygens (including phenoxy) is 1. The minimum atomic E-state index is -4.72. The smallest absolute Gasteiger partial charge is 0.406 e. The van der Waals surface area contributed by atoms with Crippen molar-refractivity contribution in [1.82, 2.24) is 5.16 Å². The number of hydrogen-bond acceptors (Lipinski definition) is 3. The number of alkyl halides is 3. The predicted molar refractivity (Wildman–Crippen MR) is 73.2 cm³/mol. The van der Waals surface area contributed by atoms with Gasteiger partial charge in [0.15, 0.2) is 5.42 Å². The second-order valence-corrected chi connectivity index (χ2v) is 4.63. The molecule has 1 aliphatic rings. The van der Waals surface area contributed by atoms with Crippen LogP contribution in [0, 0.1) is 0 Å². The third kappa shape index (κ3) is 2.98. The molecular weight excluding hydrogens is 299 g/mol. The van der Waals surface area contributed by atoms with Gasteiger partial charge in [-0.25, -0.2) is 0 Å². The van der Waals surface area contributed by atoms with Gasteiger partial charge in [-0.15, -0.1) is 13.2 Å². The van der Waals surface area contributed by atoms with Crippen molar-refractivity contribution >= 4 is 17.7 Å². The Balaban J connectivity index is 1.95. The summed E-state index contributed by atoms with van der Waals surface area (Å²) in [7, 11) is 0. The summed E-state index contributed by atoms with van der Waals surface area (Å²) in [6, 6.07) is 5.46. The van der Waals surface area contributed by atoms with Crippen LogP contribution in [-0.4, -0.2) is 11.5 Å². The van der Waals surface area contributed by atoms with Crippen LogP contribution in [0.5, 0.6) is 5.75 Å². The average molecular weight is 309 g/mol. The molecule has 0 radical (unpaired) electrons. The van der Waals surface area contributed by atoms with Crippen LogP contribution in [0.15, 0.2) is 39.7 Å². The zero-order chi connectivity index (χ0) is 15.7. The van der Waals surface area contributed by atoms with Crippen LogP contribution in [0.4, 0.5) is 13.2 Å². The van der Waals surface area contributed by atoms with Crippen LogP contribution in [0.3, 0.4) is 0 Å². The topological polar surface area (TPSA) is 55.2 Å². The first-order valence-corrected chi connectivity index (χ1v) is 6.38. The van der Waals surface area contributed by atoms with Crippen molar-refractivity contribution < 1.29 is 22.4 Å². The Hall–Kier alpha value is -2.70. The molecule has 7 heteroatoms. The van der Waals surface area contributed by atoms with E-state index in [2.05, 4.69) is 9.89 Å². The molecule has 1 aromatic heterocycles. The number of aromatic nitrogens is 1. The fourth-order valence-corrected chi connectivity index (χ4v) is 2.17. The maximum atomic E-state index is 12.1. The van der Waals surface area contributed by atoms with Gasteiger partial charge in [-0.2, -0.15) is 5.16 Å². The maximum absolute atomic E-state index is 12.1. The van der Waals surface area contributed by atoms with Crippen molar-refractivity contribution in [2.45, 2.75) is 12.8 Å². The van der Waals surface area contributed by atoms with Gasteiger partial charge in [0.05, 0.1) is 5.22 Å². The lowest BCUT2D eigenvalue weighted by atomic mass is 10.0. The van der Waals surface area contributed by atoms with Crippen molar-refractivity contribution in [3.63, 3.8) is 0 Å². The van der Waals surface area contributed by atoms with Crippen LogP contribution in [0.25, 0.3) is 17.7 Å². The Morgan fingerprint density at radius 2 is 1.86 bits per heavy atom. The molecule has 0 amide bonds. The SMILES string of the molecule is O=c1[nH]oc2c1=CC(c1ccc(OC(F)(F)F)cc1)=CCC=2. The standard InChI is InChI=1S/C15H10F3NO3/c16-15(17,18)21-11-6-4-9(5-7-11)10-2-1-3-13-12(8-10)14(20)19-22-13/h2-8H,1H2,(H,19,20). The largest absolute Gasteiger partial charge is 0.573 e. The summed E-state index contributed by atoms with van der Waals surface area (Å²) in [5.74, 6) is -0.293. The Kier molecular flexibility index (Phi) is 3.40. The quantitative estimate of drug-likeness (QED) is 0.922. The monoisotopic (exact) mass is 309 g/mol. The summed E-state index contributed by atoms with van der Waals surface area (Å²) in [4.78, 5) is 11.6. The number of fused-ring (bicyclic) bond motifs is 1. The molecule has 0 unspecified atom stereocenters. The minimum Gasteiger partial charge on any atom is -0.406 e. The lowest BCUT2D eigenvalue weighted by Gasteiger charge is -2.09. The molecule has 0 saturated carbocycles. The first kappa shape index (κ1) is 14.2. The second kappa shape index (κ2) is 5.25. The van der Waals surface area contributed by atoms with Crippen LogP contribution in [-0.2, 0) is 0 Å². The van der Waals surface area contributed by atoms with Crippen LogP contribution in [0.1, 0.15) is 12.0 Å². The number of rotatable bonds is 2. The highest BCUT2D eigenvalue weighted by Crippen LogP contribution is 2.25. The van der Waals surface area contributed by atoms with Gasteiger partial charge >= 0.3 is 6.36 Å². The summed E-state index contributed by atoms with van der Waals surface area (Å²) in [6.07, 6.45) is 1.07. The van der Waals surface area contributed by atoms with E-state index in [1.165, 1.54) is 24.3 Å². The number of nitrogens with one attached hydrogen (secondary N) is 1. The van der Waals surface area contributed by atoms with Gasteiger partial charge in [0.2, 0.25) is 0 Å². The molecule has 1 aromatic carbocycles. The molecule has 0 bridgehead atoms. The second-order valence-electron chi connectivity index (χ2n) is 4.63. The van der Waals surface area contributed by atoms with Crippen molar-refractivity contribution in [1.29, 1.82) is 0 Å². The van der Waals surface area contributed by atoms with Gasteiger partial charge in [-0.1, -0.05) is 18.2 Å². The molecule has 0 saturated heterocycles. The number of hydrogen-bond donors (Lipinski definition) is 1. The molecule has 0 aliphatic heterocycles. The number of benzene rings is 1. The average Bonchev–Trinajstić information content (AvgIpc) is 2.68. The number of allylic oxidation sites excluding steroid dienone is 2. The van der Waals surface area contributed by atoms with E-state index in [1.807, 2.05) is 6.08 Å². The Morgan fingerprint density at radius 3 is 2.55 bits per heavy atom. The number of halogens is 3. The van der Waals surface area contributed by atoms with Gasteiger partial charge in [-0.05, 0) is 41.8 Å². The minimum absolute atomic E-state index is 0.293. The molecule has 4 nitrogen and oxygen atoms in total. The summed E-state index contributed by atoms with van der Waals surface area (Å²) < 4.78 is 45.2. The summed E-state index contributed by atoms with van der Waals surface area (Å²) in [5, 5.41) is 2.64. The fourth-order valence-electron chi connectivity index (χ4n) is 2.17. The lowest BCUT2D eigenvalue weighted by molar-refractivity contribution is -0.274. The zero-order valence-electron chi connectivity index (χ0n) is 11.1. The van der Waals surface area contributed by atoms with Crippen molar-refractivity contribution in [3.05, 3.63) is 56.9 Å². The van der Waals surface area contributed by atoms with Crippen molar-refractivity contribution in [3.8, 4) is 5.75 Å². The Bertz CT molecular complexity index is 886. The molecule has 22 heavy (non-hydrogen) atoms. The van der Waals surface area contributed by atoms with Crippen LogP contribution < -0.4 is 20.9 Å². The molecule has 1 N–H and O–H groups in total. The van der Waals surface area contributed by atoms with Crippen LogP contribution in [0.2, 0.25) is 0 Å². The fraction of sp³-hybridized carbons (Fsp3) is 0.133. The van der Waals surface area contributed by atoms with E-state index >= 15 is 0 Å². The van der Waals surface area contributed by atoms with E-state index in [9.17, 15) is 18.0 Å². The van der Waals surface area contributed by atoms with E-state index in [-0.39, 0.29) is 11.3 Å². The highest BCUT2D eigenvalue weighted by molar-refractivity contribution is 5.89. The number of H-pyrrole nitrogens is 1. The highest BCUT2D eigenvalue weighted by atomic mass is 19.4. The molecule has 0 fully saturated rings. The maximum Gasteiger partial charge on any atom is 0.573 e. The zero-order valence-corrected chi connectivity index (χ0v) is 11.1. The lowest BCUT2D eigenvalue weighted by Crippen LogP contribution is -2.32. The molecular formula is C15H10F3NO3. The molecule has 2 aromatic rings. The van der Waals surface area contributed by atoms with Crippen LogP contribution >= 0.6 is 0 Å². The van der Waals surface area contributed by atoms with Gasteiger partial charge in [0, 0.05) is 0 Å². The van der Waals surface area contributed by atoms with Crippen molar-refractivity contribution in [2.75, 3.05) is 0 Å². The number of aromatic amines is 1. The van der Waals surface area contributed by atoms with Crippen molar-refractivity contribution in [2.24, 2.45) is 0 Å². The third-order valence-corrected chi connectivity index (χ3v) is 3.13. The normalized spacial score (nSPS) is 14.2. The molecule has 1 aliphatic carbocycles. The van der Waals surface area contributed by atoms with Gasteiger partial charge in [-0.3, -0.25) is 4.79 Å². The van der Waals surface area contributed by atoms with E-state index in [0.717, 1.165) is 5.57 Å². The van der Waals surface area contributed by atoms with Gasteiger partial charge < -0.3 is 9.26 Å². The van der Waals surface area contributed by atoms with E-state index in [4.69, 9.17) is 4.52 Å². The summed E-state index contributed by atoms with van der Waals surface area (Å²) >= 11 is 0. The highest BCUT2D eigenvalue weighted by Gasteiger charge is 2.30.